The molecule has 0 spiro atoms. The van der Waals surface area contributed by atoms with Gasteiger partial charge in [-0.3, -0.25) is 4.79 Å². The average molecular weight is 825 g/mol. The fourth-order valence-corrected chi connectivity index (χ4v) is 9.05. The molecule has 0 saturated heterocycles. The summed E-state index contributed by atoms with van der Waals surface area (Å²) in [6, 6.07) is 8.30. The van der Waals surface area contributed by atoms with Crippen LogP contribution in [0.25, 0.3) is 0 Å². The zero-order valence-corrected chi connectivity index (χ0v) is 33.8. The van der Waals surface area contributed by atoms with E-state index in [0.717, 1.165) is 5.71 Å². The Hall–Kier alpha value is -3.49. The third-order valence-corrected chi connectivity index (χ3v) is 12.8. The van der Waals surface area contributed by atoms with Gasteiger partial charge >= 0.3 is 5.97 Å². The normalized spacial score (nSPS) is 20.9. The molecule has 55 heavy (non-hydrogen) atoms. The summed E-state index contributed by atoms with van der Waals surface area (Å²) in [7, 11) is -12.7. The zero-order valence-electron chi connectivity index (χ0n) is 31.4. The second-order valence-corrected chi connectivity index (χ2v) is 18.3. The Morgan fingerprint density at radius 1 is 0.855 bits per heavy atom. The largest absolute Gasteiger partial charge is 0.748 e. The topological polar surface area (TPSA) is 234 Å². The summed E-state index contributed by atoms with van der Waals surface area (Å²) in [4.78, 5) is 12.2. The lowest BCUT2D eigenvalue weighted by atomic mass is 9.76. The van der Waals surface area contributed by atoms with Crippen LogP contribution in [0.1, 0.15) is 76.8 Å². The SMILES string of the molecule is CCN1/C(=C/C=C/C2=[N+](CCCCCC(=O)O)c3ccc(S(=O)(=O)[O-])cc3C2(C)CCOCCOC)C(C)(CCCS(=O)(=O)[O-])c2cc(S(=O)(=O)[O-])ccc21. The molecule has 2 aliphatic heterocycles. The van der Waals surface area contributed by atoms with Gasteiger partial charge in [0, 0.05) is 73.4 Å². The first-order chi connectivity index (χ1) is 25.7. The molecule has 0 aromatic heterocycles. The van der Waals surface area contributed by atoms with E-state index >= 15 is 0 Å². The van der Waals surface area contributed by atoms with Crippen LogP contribution in [0, 0.1) is 0 Å². The first kappa shape index (κ1) is 44.2. The van der Waals surface area contributed by atoms with E-state index in [2.05, 4.69) is 0 Å². The summed E-state index contributed by atoms with van der Waals surface area (Å²) in [6.45, 7) is 7.38. The first-order valence-electron chi connectivity index (χ1n) is 17.9. The van der Waals surface area contributed by atoms with Gasteiger partial charge in [-0.1, -0.05) is 6.08 Å². The Morgan fingerprint density at radius 3 is 2.11 bits per heavy atom. The monoisotopic (exact) mass is 824 g/mol. The lowest BCUT2D eigenvalue weighted by molar-refractivity contribution is -0.438. The second-order valence-electron chi connectivity index (χ2n) is 14.0. The highest BCUT2D eigenvalue weighted by Crippen LogP contribution is 2.51. The fraction of sp³-hybridized carbons (Fsp3) is 0.514. The minimum absolute atomic E-state index is 0.0138. The molecule has 2 atom stereocenters. The van der Waals surface area contributed by atoms with Gasteiger partial charge in [0.2, 0.25) is 5.69 Å². The molecule has 4 rings (SSSR count). The summed E-state index contributed by atoms with van der Waals surface area (Å²) in [6.07, 6.45) is 7.59. The number of aliphatic carboxylic acids is 1. The molecule has 2 aliphatic rings. The zero-order chi connectivity index (χ0) is 40.8. The molecule has 2 aromatic rings. The molecule has 2 unspecified atom stereocenters. The highest BCUT2D eigenvalue weighted by Gasteiger charge is 2.48. The van der Waals surface area contributed by atoms with Gasteiger partial charge in [-0.15, -0.1) is 0 Å². The van der Waals surface area contributed by atoms with Crippen molar-refractivity contribution in [2.75, 3.05) is 50.7 Å². The number of fused-ring (bicyclic) bond motifs is 2. The Morgan fingerprint density at radius 2 is 1.51 bits per heavy atom. The number of hydrogen-bond donors (Lipinski definition) is 1. The summed E-state index contributed by atoms with van der Waals surface area (Å²) in [5.41, 5.74) is 1.87. The van der Waals surface area contributed by atoms with Crippen LogP contribution in [0.4, 0.5) is 11.4 Å². The van der Waals surface area contributed by atoms with E-state index < -0.39 is 57.8 Å². The lowest BCUT2D eigenvalue weighted by Gasteiger charge is -2.30. The van der Waals surface area contributed by atoms with E-state index in [4.69, 9.17) is 14.6 Å². The van der Waals surface area contributed by atoms with Crippen LogP contribution in [0.5, 0.6) is 0 Å². The molecule has 0 aliphatic carbocycles. The number of rotatable bonds is 21. The summed E-state index contributed by atoms with van der Waals surface area (Å²) in [5, 5.41) is 9.14. The van der Waals surface area contributed by atoms with Gasteiger partial charge < -0.3 is 33.1 Å². The highest BCUT2D eigenvalue weighted by molar-refractivity contribution is 7.86. The number of ether oxygens (including phenoxy) is 2. The summed E-state index contributed by atoms with van der Waals surface area (Å²) in [5.74, 6) is -1.54. The van der Waals surface area contributed by atoms with Gasteiger partial charge in [-0.2, -0.15) is 4.58 Å². The van der Waals surface area contributed by atoms with Crippen LogP contribution in [-0.2, 0) is 55.5 Å². The molecule has 304 valence electrons. The van der Waals surface area contributed by atoms with Crippen LogP contribution in [0.2, 0.25) is 0 Å². The van der Waals surface area contributed by atoms with Crippen molar-refractivity contribution in [2.24, 2.45) is 0 Å². The molecule has 0 fully saturated rings. The van der Waals surface area contributed by atoms with E-state index in [-0.39, 0.29) is 30.8 Å². The van der Waals surface area contributed by atoms with E-state index in [1.807, 2.05) is 35.5 Å². The predicted octanol–water partition coefficient (Wildman–Crippen LogP) is 4.11. The lowest BCUT2D eigenvalue weighted by Crippen LogP contribution is -2.33. The third kappa shape index (κ3) is 10.5. The van der Waals surface area contributed by atoms with Crippen LogP contribution >= 0.6 is 0 Å². The number of unbranched alkanes of at least 4 members (excludes halogenated alkanes) is 2. The Balaban J connectivity index is 1.87. The van der Waals surface area contributed by atoms with Crippen molar-refractivity contribution in [3.8, 4) is 0 Å². The minimum atomic E-state index is -4.83. The number of methoxy groups -OCH3 is 1. The quantitative estimate of drug-likeness (QED) is 0.106. The molecule has 0 saturated carbocycles. The van der Waals surface area contributed by atoms with Crippen LogP contribution in [-0.4, -0.2) is 106 Å². The standard InChI is InChI=1S/C37H50N2O13S3/c1-5-38-31-16-14-27(54(45,46)47)25-29(31)36(2,18-10-24-53(42,43)44)33(38)11-9-12-34-37(3,19-21-52-23-22-51-4)30-26-28(55(48,49)50)15-17-32(30)39(34)20-8-6-7-13-35(40)41/h9,11-12,14-17,25-26H,5-8,10,13,18-24H2,1-4H3,(H3-,40,41,42,43,44,45,46,47,48,49,50)/p-2. The van der Waals surface area contributed by atoms with Crippen molar-refractivity contribution >= 4 is 53.4 Å². The molecule has 2 heterocycles. The number of carboxylic acid groups (broad SMARTS) is 1. The maximum Gasteiger partial charge on any atom is 0.303 e. The molecule has 0 bridgehead atoms. The van der Waals surface area contributed by atoms with Crippen LogP contribution < -0.4 is 4.90 Å². The maximum atomic E-state index is 12.2. The third-order valence-electron chi connectivity index (χ3n) is 10.3. The average Bonchev–Trinajstić information content (AvgIpc) is 3.46. The molecule has 1 N–H and O–H groups in total. The maximum absolute atomic E-state index is 12.2. The van der Waals surface area contributed by atoms with E-state index in [1.165, 1.54) is 30.3 Å². The first-order valence-corrected chi connectivity index (χ1v) is 22.3. The Labute approximate surface area is 323 Å². The number of benzene rings is 2. The van der Waals surface area contributed by atoms with Gasteiger partial charge in [0.1, 0.15) is 26.8 Å². The number of carboxylic acids is 1. The Bertz CT molecular complexity index is 2180. The van der Waals surface area contributed by atoms with Crippen molar-refractivity contribution in [1.29, 1.82) is 0 Å². The second kappa shape index (κ2) is 17.8. The number of likely N-dealkylation sites (N-methyl/N-ethyl adjacent to an activating group) is 1. The van der Waals surface area contributed by atoms with Gasteiger partial charge in [-0.25, -0.2) is 25.3 Å². The van der Waals surface area contributed by atoms with E-state index in [9.17, 15) is 43.7 Å². The van der Waals surface area contributed by atoms with Crippen molar-refractivity contribution in [3.05, 3.63) is 71.5 Å². The Kier molecular flexibility index (Phi) is 14.3. The molecule has 15 nitrogen and oxygen atoms in total. The number of anilines is 1. The van der Waals surface area contributed by atoms with E-state index in [1.54, 1.807) is 26.2 Å². The van der Waals surface area contributed by atoms with E-state index in [0.29, 0.717) is 80.2 Å². The fourth-order valence-electron chi connectivity index (χ4n) is 7.56. The van der Waals surface area contributed by atoms with Gasteiger partial charge in [-0.05, 0) is 94.8 Å². The molecular weight excluding hydrogens is 777 g/mol. The molecule has 0 amide bonds. The van der Waals surface area contributed by atoms with Gasteiger partial charge in [0.25, 0.3) is 0 Å². The highest BCUT2D eigenvalue weighted by atomic mass is 32.2. The van der Waals surface area contributed by atoms with Crippen molar-refractivity contribution in [2.45, 2.75) is 86.3 Å². The number of allylic oxidation sites excluding steroid dienone is 4. The number of nitrogens with zero attached hydrogens (tertiary/aromatic N) is 2. The molecular formula is C37H48N2O13S3-2. The van der Waals surface area contributed by atoms with Crippen molar-refractivity contribution < 1.29 is 62.9 Å². The molecule has 18 heteroatoms. The summed E-state index contributed by atoms with van der Waals surface area (Å²) < 4.78 is 120. The van der Waals surface area contributed by atoms with Crippen molar-refractivity contribution in [1.82, 2.24) is 0 Å². The van der Waals surface area contributed by atoms with Gasteiger partial charge in [0.05, 0.1) is 38.5 Å². The van der Waals surface area contributed by atoms with Crippen LogP contribution in [0.15, 0.2) is 70.1 Å². The molecule has 2 aromatic carbocycles. The summed E-state index contributed by atoms with van der Waals surface area (Å²) >= 11 is 0. The van der Waals surface area contributed by atoms with Crippen molar-refractivity contribution in [3.63, 3.8) is 0 Å². The van der Waals surface area contributed by atoms with Crippen LogP contribution in [0.3, 0.4) is 0 Å². The smallest absolute Gasteiger partial charge is 0.303 e. The predicted molar refractivity (Wildman–Crippen MR) is 201 cm³/mol. The number of carbonyl (C=O) groups is 1. The molecule has 0 radical (unpaired) electrons. The number of hydrogen-bond acceptors (Lipinski definition) is 13. The van der Waals surface area contributed by atoms with Gasteiger partial charge in [0.15, 0.2) is 5.71 Å². The minimum Gasteiger partial charge on any atom is -0.748 e.